The standard InChI is InChI=1S/C18H18FN3O2/c1-12-9-13(7-8-14(12)19)10-20-17(23)11-22-16-6-4-3-5-15(16)21(2)18(22)24/h3-9H,10-11H2,1-2H3,(H,20,23). The first kappa shape index (κ1) is 16.0. The largest absolute Gasteiger partial charge is 0.350 e. The number of amides is 1. The highest BCUT2D eigenvalue weighted by Crippen LogP contribution is 2.11. The normalized spacial score (nSPS) is 11.0. The van der Waals surface area contributed by atoms with Gasteiger partial charge in [0.25, 0.3) is 0 Å². The lowest BCUT2D eigenvalue weighted by molar-refractivity contribution is -0.121. The summed E-state index contributed by atoms with van der Waals surface area (Å²) in [4.78, 5) is 24.5. The monoisotopic (exact) mass is 327 g/mol. The maximum atomic E-state index is 13.3. The smallest absolute Gasteiger partial charge is 0.329 e. The lowest BCUT2D eigenvalue weighted by atomic mass is 10.1. The molecule has 0 aliphatic carbocycles. The summed E-state index contributed by atoms with van der Waals surface area (Å²) in [7, 11) is 1.68. The second-order valence-corrected chi connectivity index (χ2v) is 5.78. The van der Waals surface area contributed by atoms with Gasteiger partial charge in [-0.15, -0.1) is 0 Å². The number of aromatic nitrogens is 2. The molecule has 0 bridgehead atoms. The third kappa shape index (κ3) is 2.95. The molecule has 1 amide bonds. The Morgan fingerprint density at radius 1 is 1.17 bits per heavy atom. The van der Waals surface area contributed by atoms with E-state index < -0.39 is 0 Å². The molecule has 0 spiro atoms. The number of benzene rings is 2. The highest BCUT2D eigenvalue weighted by molar-refractivity contribution is 5.80. The molecule has 0 atom stereocenters. The van der Waals surface area contributed by atoms with Crippen molar-refractivity contribution >= 4 is 16.9 Å². The molecule has 0 saturated heterocycles. The van der Waals surface area contributed by atoms with Crippen LogP contribution in [-0.4, -0.2) is 15.0 Å². The first-order chi connectivity index (χ1) is 11.5. The molecular formula is C18H18FN3O2. The van der Waals surface area contributed by atoms with Crippen molar-refractivity contribution in [3.63, 3.8) is 0 Å². The summed E-state index contributed by atoms with van der Waals surface area (Å²) in [5, 5.41) is 2.76. The van der Waals surface area contributed by atoms with E-state index in [2.05, 4.69) is 5.32 Å². The first-order valence-electron chi connectivity index (χ1n) is 7.63. The number of rotatable bonds is 4. The van der Waals surface area contributed by atoms with Crippen molar-refractivity contribution in [3.05, 3.63) is 69.9 Å². The number of carbonyl (C=O) groups is 1. The topological polar surface area (TPSA) is 56.0 Å². The van der Waals surface area contributed by atoms with Crippen molar-refractivity contribution < 1.29 is 9.18 Å². The van der Waals surface area contributed by atoms with E-state index in [1.165, 1.54) is 15.2 Å². The third-order valence-corrected chi connectivity index (χ3v) is 4.07. The van der Waals surface area contributed by atoms with E-state index in [9.17, 15) is 14.0 Å². The molecule has 0 unspecified atom stereocenters. The molecule has 3 aromatic rings. The van der Waals surface area contributed by atoms with E-state index >= 15 is 0 Å². The van der Waals surface area contributed by atoms with Gasteiger partial charge >= 0.3 is 5.69 Å². The number of hydrogen-bond donors (Lipinski definition) is 1. The molecule has 1 heterocycles. The van der Waals surface area contributed by atoms with E-state index in [0.717, 1.165) is 16.6 Å². The van der Waals surface area contributed by atoms with Crippen LogP contribution in [0, 0.1) is 12.7 Å². The number of hydrogen-bond acceptors (Lipinski definition) is 2. The van der Waals surface area contributed by atoms with E-state index in [4.69, 9.17) is 0 Å². The number of imidazole rings is 1. The fraction of sp³-hybridized carbons (Fsp3) is 0.222. The van der Waals surface area contributed by atoms with Crippen LogP contribution in [-0.2, 0) is 24.9 Å². The second kappa shape index (κ2) is 6.31. The van der Waals surface area contributed by atoms with Gasteiger partial charge in [-0.25, -0.2) is 9.18 Å². The average molecular weight is 327 g/mol. The molecule has 0 radical (unpaired) electrons. The number of halogens is 1. The van der Waals surface area contributed by atoms with Gasteiger partial charge in [-0.05, 0) is 36.2 Å². The van der Waals surface area contributed by atoms with Crippen molar-refractivity contribution in [3.8, 4) is 0 Å². The molecule has 0 saturated carbocycles. The van der Waals surface area contributed by atoms with E-state index in [1.807, 2.05) is 24.3 Å². The maximum Gasteiger partial charge on any atom is 0.329 e. The summed E-state index contributed by atoms with van der Waals surface area (Å²) < 4.78 is 16.2. The fourth-order valence-corrected chi connectivity index (χ4v) is 2.73. The summed E-state index contributed by atoms with van der Waals surface area (Å²) in [5.74, 6) is -0.539. The molecule has 2 aromatic carbocycles. The van der Waals surface area contributed by atoms with Crippen LogP contribution in [0.3, 0.4) is 0 Å². The van der Waals surface area contributed by atoms with Crippen molar-refractivity contribution in [1.29, 1.82) is 0 Å². The molecule has 1 N–H and O–H groups in total. The van der Waals surface area contributed by atoms with Crippen LogP contribution in [0.1, 0.15) is 11.1 Å². The van der Waals surface area contributed by atoms with Crippen LogP contribution in [0.15, 0.2) is 47.3 Å². The highest BCUT2D eigenvalue weighted by atomic mass is 19.1. The minimum Gasteiger partial charge on any atom is -0.350 e. The number of carbonyl (C=O) groups excluding carboxylic acids is 1. The van der Waals surface area contributed by atoms with Gasteiger partial charge in [0.05, 0.1) is 11.0 Å². The summed E-state index contributed by atoms with van der Waals surface area (Å²) in [6.07, 6.45) is 0. The van der Waals surface area contributed by atoms with Crippen LogP contribution in [0.25, 0.3) is 11.0 Å². The fourth-order valence-electron chi connectivity index (χ4n) is 2.73. The summed E-state index contributed by atoms with van der Waals surface area (Å²) in [6.45, 7) is 1.91. The third-order valence-electron chi connectivity index (χ3n) is 4.07. The van der Waals surface area contributed by atoms with Gasteiger partial charge in [0.15, 0.2) is 0 Å². The Bertz CT molecular complexity index is 972. The zero-order chi connectivity index (χ0) is 17.3. The summed E-state index contributed by atoms with van der Waals surface area (Å²) >= 11 is 0. The molecular weight excluding hydrogens is 309 g/mol. The Kier molecular flexibility index (Phi) is 4.20. The number of para-hydroxylation sites is 2. The number of nitrogens with zero attached hydrogens (tertiary/aromatic N) is 2. The zero-order valence-electron chi connectivity index (χ0n) is 13.5. The number of fused-ring (bicyclic) bond motifs is 1. The van der Waals surface area contributed by atoms with Crippen LogP contribution in [0.2, 0.25) is 0 Å². The molecule has 24 heavy (non-hydrogen) atoms. The SMILES string of the molecule is Cc1cc(CNC(=O)Cn2c(=O)n(C)c3ccccc32)ccc1F. The van der Waals surface area contributed by atoms with Crippen molar-refractivity contribution in [2.24, 2.45) is 7.05 Å². The predicted octanol–water partition coefficient (Wildman–Crippen LogP) is 2.10. The van der Waals surface area contributed by atoms with Crippen molar-refractivity contribution in [1.82, 2.24) is 14.5 Å². The zero-order valence-corrected chi connectivity index (χ0v) is 13.5. The molecule has 0 fully saturated rings. The van der Waals surface area contributed by atoms with Crippen LogP contribution < -0.4 is 11.0 Å². The van der Waals surface area contributed by atoms with Gasteiger partial charge in [0.1, 0.15) is 12.4 Å². The Morgan fingerprint density at radius 3 is 2.58 bits per heavy atom. The summed E-state index contributed by atoms with van der Waals surface area (Å²) in [6, 6.07) is 12.0. The molecule has 0 aliphatic rings. The van der Waals surface area contributed by atoms with Gasteiger partial charge in [0, 0.05) is 13.6 Å². The van der Waals surface area contributed by atoms with E-state index in [0.29, 0.717) is 12.1 Å². The highest BCUT2D eigenvalue weighted by Gasteiger charge is 2.13. The van der Waals surface area contributed by atoms with Crippen LogP contribution >= 0.6 is 0 Å². The lowest BCUT2D eigenvalue weighted by Gasteiger charge is -2.07. The molecule has 1 aromatic heterocycles. The van der Waals surface area contributed by atoms with Gasteiger partial charge in [-0.1, -0.05) is 24.3 Å². The Balaban J connectivity index is 1.75. The van der Waals surface area contributed by atoms with Crippen LogP contribution in [0.4, 0.5) is 4.39 Å². The minimum atomic E-state index is -0.271. The predicted molar refractivity (Wildman–Crippen MR) is 90.2 cm³/mol. The molecule has 6 heteroatoms. The Labute approximate surface area is 138 Å². The molecule has 0 aliphatic heterocycles. The van der Waals surface area contributed by atoms with E-state index in [-0.39, 0.29) is 24.0 Å². The van der Waals surface area contributed by atoms with Crippen molar-refractivity contribution in [2.45, 2.75) is 20.0 Å². The van der Waals surface area contributed by atoms with Crippen molar-refractivity contribution in [2.75, 3.05) is 0 Å². The van der Waals surface area contributed by atoms with E-state index in [1.54, 1.807) is 26.1 Å². The molecule has 3 rings (SSSR count). The number of aryl methyl sites for hydroxylation is 2. The minimum absolute atomic E-state index is 0.0552. The van der Waals surface area contributed by atoms with Gasteiger partial charge in [-0.2, -0.15) is 0 Å². The van der Waals surface area contributed by atoms with Gasteiger partial charge in [0.2, 0.25) is 5.91 Å². The first-order valence-corrected chi connectivity index (χ1v) is 7.63. The lowest BCUT2D eigenvalue weighted by Crippen LogP contribution is -2.32. The Hall–Kier alpha value is -2.89. The molecule has 124 valence electrons. The average Bonchev–Trinajstić information content (AvgIpc) is 2.81. The maximum absolute atomic E-state index is 13.3. The van der Waals surface area contributed by atoms with Gasteiger partial charge < -0.3 is 5.32 Å². The number of nitrogens with one attached hydrogen (secondary N) is 1. The van der Waals surface area contributed by atoms with Gasteiger partial charge in [-0.3, -0.25) is 13.9 Å². The quantitative estimate of drug-likeness (QED) is 0.798. The second-order valence-electron chi connectivity index (χ2n) is 5.78. The molecule has 5 nitrogen and oxygen atoms in total. The van der Waals surface area contributed by atoms with Crippen LogP contribution in [0.5, 0.6) is 0 Å². The Morgan fingerprint density at radius 2 is 1.88 bits per heavy atom. The summed E-state index contributed by atoms with van der Waals surface area (Å²) in [5.41, 5.74) is 2.62.